The van der Waals surface area contributed by atoms with Crippen LogP contribution in [0.3, 0.4) is 0 Å². The van der Waals surface area contributed by atoms with Crippen molar-refractivity contribution in [2.45, 2.75) is 37.8 Å². The largest absolute Gasteiger partial charge is 0.416 e. The summed E-state index contributed by atoms with van der Waals surface area (Å²) >= 11 is 0. The number of alkyl halides is 4. The molecule has 0 radical (unpaired) electrons. The molecule has 4 heterocycles. The molecule has 13 nitrogen and oxygen atoms in total. The van der Waals surface area contributed by atoms with Crippen LogP contribution in [0.15, 0.2) is 120 Å². The van der Waals surface area contributed by atoms with Crippen molar-refractivity contribution in [1.29, 1.82) is 10.5 Å². The van der Waals surface area contributed by atoms with Gasteiger partial charge in [0.1, 0.15) is 5.67 Å². The van der Waals surface area contributed by atoms with Gasteiger partial charge in [-0.25, -0.2) is 14.0 Å². The van der Waals surface area contributed by atoms with Crippen LogP contribution in [0.2, 0.25) is 0 Å². The third-order valence-electron chi connectivity index (χ3n) is 11.5. The molecule has 0 aliphatic carbocycles. The SMILES string of the molecule is CC(C)(F)c1cccc(N2C(=O)N[C@H](c3ccc(C#N)cc3)C3=C2CN(CCNCCN2CC4=C(C2=O)[C@@H](c2ccc(C#N)cc2)NC(=O)N4c2cccc(C(F)(F)F)c2)C3=O)c1. The van der Waals surface area contributed by atoms with Crippen LogP contribution in [-0.4, -0.2) is 72.9 Å². The van der Waals surface area contributed by atoms with Crippen molar-refractivity contribution in [3.8, 4) is 12.1 Å². The summed E-state index contributed by atoms with van der Waals surface area (Å²) in [7, 11) is 0. The quantitative estimate of drug-likeness (QED) is 0.112. The third-order valence-corrected chi connectivity index (χ3v) is 11.5. The van der Waals surface area contributed by atoms with Gasteiger partial charge in [-0.1, -0.05) is 42.5 Å². The maximum absolute atomic E-state index is 15.1. The van der Waals surface area contributed by atoms with Crippen LogP contribution in [0.4, 0.5) is 38.5 Å². The van der Waals surface area contributed by atoms with Crippen molar-refractivity contribution >= 4 is 35.3 Å². The van der Waals surface area contributed by atoms with E-state index >= 15 is 4.39 Å². The van der Waals surface area contributed by atoms with Gasteiger partial charge in [0.25, 0.3) is 11.8 Å². The van der Waals surface area contributed by atoms with Crippen molar-refractivity contribution in [3.63, 3.8) is 0 Å². The molecule has 3 N–H and O–H groups in total. The third kappa shape index (κ3) is 8.06. The number of nitrogens with one attached hydrogen (secondary N) is 3. The average molecular weight is 858 g/mol. The molecule has 8 rings (SSSR count). The molecule has 0 saturated carbocycles. The van der Waals surface area contributed by atoms with Gasteiger partial charge in [-0.2, -0.15) is 23.7 Å². The van der Waals surface area contributed by atoms with E-state index in [9.17, 15) is 42.9 Å². The van der Waals surface area contributed by atoms with E-state index in [0.29, 0.717) is 44.8 Å². The number of amides is 6. The topological polar surface area (TPSA) is 165 Å². The highest BCUT2D eigenvalue weighted by molar-refractivity contribution is 6.08. The summed E-state index contributed by atoms with van der Waals surface area (Å²) in [5.41, 5.74) is 1.03. The molecule has 0 spiro atoms. The van der Waals surface area contributed by atoms with Gasteiger partial charge < -0.3 is 25.8 Å². The van der Waals surface area contributed by atoms with E-state index in [2.05, 4.69) is 22.0 Å². The molecular formula is C46H39F4N9O4. The molecular weight excluding hydrogens is 819 g/mol. The molecule has 4 aliphatic rings. The fourth-order valence-corrected chi connectivity index (χ4v) is 8.29. The second-order valence-corrected chi connectivity index (χ2v) is 15.9. The molecule has 63 heavy (non-hydrogen) atoms. The van der Waals surface area contributed by atoms with Crippen LogP contribution in [-0.2, 0) is 21.4 Å². The number of benzene rings is 4. The first kappa shape index (κ1) is 42.2. The zero-order valence-electron chi connectivity index (χ0n) is 34.0. The number of nitrogens with zero attached hydrogens (tertiary/aromatic N) is 6. The number of rotatable bonds is 11. The number of carbonyl (C=O) groups is 4. The molecule has 0 unspecified atom stereocenters. The lowest BCUT2D eigenvalue weighted by Gasteiger charge is -2.34. The van der Waals surface area contributed by atoms with E-state index in [0.717, 1.165) is 17.0 Å². The monoisotopic (exact) mass is 857 g/mol. The number of hydrogen-bond donors (Lipinski definition) is 3. The van der Waals surface area contributed by atoms with Gasteiger partial charge in [0.15, 0.2) is 0 Å². The molecule has 6 amide bonds. The molecule has 0 fully saturated rings. The summed E-state index contributed by atoms with van der Waals surface area (Å²) in [4.78, 5) is 61.4. The van der Waals surface area contributed by atoms with Crippen molar-refractivity contribution < 1.29 is 36.7 Å². The molecule has 0 bridgehead atoms. The molecule has 17 heteroatoms. The lowest BCUT2D eigenvalue weighted by Crippen LogP contribution is -2.47. The van der Waals surface area contributed by atoms with Gasteiger partial charge in [-0.15, -0.1) is 0 Å². The van der Waals surface area contributed by atoms with E-state index in [4.69, 9.17) is 0 Å². The Labute approximate surface area is 359 Å². The van der Waals surface area contributed by atoms with E-state index in [1.807, 2.05) is 6.07 Å². The average Bonchev–Trinajstić information content (AvgIpc) is 3.77. The highest BCUT2D eigenvalue weighted by atomic mass is 19.4. The number of urea groups is 2. The zero-order valence-corrected chi connectivity index (χ0v) is 34.0. The normalized spacial score (nSPS) is 18.9. The fraction of sp³-hybridized carbons (Fsp3) is 0.261. The molecule has 4 aromatic carbocycles. The Bertz CT molecular complexity index is 2490. The van der Waals surface area contributed by atoms with Gasteiger partial charge >= 0.3 is 18.2 Å². The summed E-state index contributed by atoms with van der Waals surface area (Å²) in [6.45, 7) is 3.62. The molecule has 2 atom stereocenters. The van der Waals surface area contributed by atoms with Gasteiger partial charge in [-0.05, 0) is 85.1 Å². The molecule has 0 saturated heterocycles. The van der Waals surface area contributed by atoms with Crippen LogP contribution in [0.25, 0.3) is 0 Å². The minimum absolute atomic E-state index is 0.0592. The summed E-state index contributed by atoms with van der Waals surface area (Å²) < 4.78 is 56.3. The maximum Gasteiger partial charge on any atom is 0.416 e. The lowest BCUT2D eigenvalue weighted by atomic mass is 9.94. The van der Waals surface area contributed by atoms with E-state index in [1.165, 1.54) is 35.8 Å². The van der Waals surface area contributed by atoms with E-state index in [-0.39, 0.29) is 62.1 Å². The van der Waals surface area contributed by atoms with Crippen molar-refractivity contribution in [3.05, 3.63) is 153 Å². The number of anilines is 2. The van der Waals surface area contributed by atoms with Crippen LogP contribution in [0, 0.1) is 22.7 Å². The summed E-state index contributed by atoms with van der Waals surface area (Å²) in [5, 5.41) is 27.6. The second-order valence-electron chi connectivity index (χ2n) is 15.9. The molecule has 4 aromatic rings. The van der Waals surface area contributed by atoms with Crippen LogP contribution in [0.5, 0.6) is 0 Å². The van der Waals surface area contributed by atoms with Crippen LogP contribution < -0.4 is 25.8 Å². The first-order chi connectivity index (χ1) is 30.1. The Morgan fingerprint density at radius 2 is 1.05 bits per heavy atom. The van der Waals surface area contributed by atoms with Crippen LogP contribution in [0.1, 0.15) is 59.3 Å². The first-order valence-electron chi connectivity index (χ1n) is 20.0. The van der Waals surface area contributed by atoms with Crippen molar-refractivity contribution in [2.24, 2.45) is 0 Å². The molecule has 4 aliphatic heterocycles. The van der Waals surface area contributed by atoms with Gasteiger partial charge in [0, 0.05) is 26.2 Å². The van der Waals surface area contributed by atoms with Gasteiger partial charge in [0.2, 0.25) is 0 Å². The Balaban J connectivity index is 0.984. The number of carbonyl (C=O) groups excluding carboxylic acids is 4. The standard InChI is InChI=1S/C46H39F4N9O4/c1-45(2,47)31-5-3-7-33(21-31)58-35-25-56(41(60)37(35)39(54-43(58)62)29-13-9-27(23-51)10-14-29)19-17-53-18-20-57-26-36-38(42(57)61)40(30-15-11-28(24-52)12-16-30)55-44(63)59(36)34-8-4-6-32(22-34)46(48,49)50/h3-16,21-22,39-40,53H,17-20,25-26H2,1-2H3,(H,54,62)(H,55,63)/t39-,40-/m1/s1. The predicted molar refractivity (Wildman–Crippen MR) is 222 cm³/mol. The highest BCUT2D eigenvalue weighted by Crippen LogP contribution is 2.42. The predicted octanol–water partition coefficient (Wildman–Crippen LogP) is 6.68. The van der Waals surface area contributed by atoms with Crippen molar-refractivity contribution in [2.75, 3.05) is 49.1 Å². The zero-order chi connectivity index (χ0) is 44.8. The minimum atomic E-state index is -4.68. The minimum Gasteiger partial charge on any atom is -0.332 e. The molecule has 320 valence electrons. The Hall–Kier alpha value is -7.50. The van der Waals surface area contributed by atoms with Gasteiger partial charge in [-0.3, -0.25) is 19.4 Å². The fourth-order valence-electron chi connectivity index (χ4n) is 8.29. The van der Waals surface area contributed by atoms with E-state index < -0.39 is 47.5 Å². The summed E-state index contributed by atoms with van der Waals surface area (Å²) in [6.07, 6.45) is -4.68. The number of hydrogen-bond acceptors (Lipinski definition) is 7. The Morgan fingerprint density at radius 3 is 1.44 bits per heavy atom. The van der Waals surface area contributed by atoms with Crippen LogP contribution >= 0.6 is 0 Å². The summed E-state index contributed by atoms with van der Waals surface area (Å²) in [6, 6.07) is 24.8. The number of nitriles is 2. The Kier molecular flexibility index (Phi) is 11.0. The Morgan fingerprint density at radius 1 is 0.635 bits per heavy atom. The lowest BCUT2D eigenvalue weighted by molar-refractivity contribution is -0.137. The number of halogens is 4. The van der Waals surface area contributed by atoms with E-state index in [1.54, 1.807) is 77.7 Å². The van der Waals surface area contributed by atoms with Crippen molar-refractivity contribution in [1.82, 2.24) is 25.8 Å². The maximum atomic E-state index is 15.1. The first-order valence-corrected chi connectivity index (χ1v) is 20.0. The highest BCUT2D eigenvalue weighted by Gasteiger charge is 2.46. The summed E-state index contributed by atoms with van der Waals surface area (Å²) in [5.74, 6) is -0.767. The second kappa shape index (κ2) is 16.4. The smallest absolute Gasteiger partial charge is 0.332 e. The van der Waals surface area contributed by atoms with Gasteiger partial charge in [0.05, 0.1) is 87.9 Å². The molecule has 0 aromatic heterocycles.